The average Bonchev–Trinajstić information content (AvgIpc) is 2.69. The monoisotopic (exact) mass is 458 g/mol. The number of carbonyl (C=O) groups is 2. The molecule has 1 amide bonds. The van der Waals surface area contributed by atoms with E-state index in [0.717, 1.165) is 0 Å². The van der Waals surface area contributed by atoms with Crippen molar-refractivity contribution in [2.45, 2.75) is 18.7 Å². The van der Waals surface area contributed by atoms with E-state index in [9.17, 15) is 18.0 Å². The van der Waals surface area contributed by atoms with Crippen LogP contribution in [0.15, 0.2) is 65.6 Å². The van der Waals surface area contributed by atoms with Crippen LogP contribution in [0.25, 0.3) is 11.1 Å². The zero-order chi connectivity index (χ0) is 22.8. The molecule has 0 saturated carbocycles. The number of hydrogen-bond acceptors (Lipinski definition) is 5. The molecule has 0 radical (unpaired) electrons. The van der Waals surface area contributed by atoms with Crippen molar-refractivity contribution in [1.82, 2.24) is 0 Å². The Morgan fingerprint density at radius 3 is 2.35 bits per heavy atom. The molecule has 3 aromatic rings. The molecule has 0 atom stereocenters. The number of anilines is 1. The van der Waals surface area contributed by atoms with Gasteiger partial charge in [-0.3, -0.25) is 9.59 Å². The van der Waals surface area contributed by atoms with E-state index >= 15 is 0 Å². The van der Waals surface area contributed by atoms with Crippen molar-refractivity contribution in [3.63, 3.8) is 0 Å². The first-order valence-corrected chi connectivity index (χ1v) is 11.0. The molecule has 0 bridgehead atoms. The third kappa shape index (κ3) is 5.29. The summed E-state index contributed by atoms with van der Waals surface area (Å²) in [4.78, 5) is 22.7. The smallest absolute Gasteiger partial charge is 0.241 e. The number of ether oxygens (including phenoxy) is 1. The number of nitrogens with two attached hydrogens (primary N) is 1. The maximum absolute atomic E-state index is 12.3. The first kappa shape index (κ1) is 22.5. The first-order valence-electron chi connectivity index (χ1n) is 9.08. The van der Waals surface area contributed by atoms with Gasteiger partial charge >= 0.3 is 0 Å². The predicted molar refractivity (Wildman–Crippen MR) is 119 cm³/mol. The lowest BCUT2D eigenvalue weighted by molar-refractivity contribution is -0.114. The molecule has 0 heterocycles. The maximum Gasteiger partial charge on any atom is 0.241 e. The number of primary sulfonamides is 1. The van der Waals surface area contributed by atoms with Crippen LogP contribution in [0.1, 0.15) is 24.2 Å². The summed E-state index contributed by atoms with van der Waals surface area (Å²) in [6.07, 6.45) is 0. The van der Waals surface area contributed by atoms with Crippen LogP contribution in [0.4, 0.5) is 5.69 Å². The zero-order valence-corrected chi connectivity index (χ0v) is 18.3. The van der Waals surface area contributed by atoms with Crippen LogP contribution in [0.5, 0.6) is 11.5 Å². The van der Waals surface area contributed by atoms with Crippen LogP contribution in [0, 0.1) is 0 Å². The van der Waals surface area contributed by atoms with E-state index in [1.165, 1.54) is 32.0 Å². The number of ketones is 1. The topological polar surface area (TPSA) is 116 Å². The van der Waals surface area contributed by atoms with Crippen molar-refractivity contribution in [2.75, 3.05) is 5.32 Å². The summed E-state index contributed by atoms with van der Waals surface area (Å²) in [5, 5.41) is 8.29. The lowest BCUT2D eigenvalue weighted by Gasteiger charge is -2.14. The molecule has 31 heavy (non-hydrogen) atoms. The van der Waals surface area contributed by atoms with Crippen molar-refractivity contribution >= 4 is 39.0 Å². The summed E-state index contributed by atoms with van der Waals surface area (Å²) < 4.78 is 30.2. The van der Waals surface area contributed by atoms with E-state index in [1.54, 1.807) is 42.5 Å². The third-order valence-electron chi connectivity index (χ3n) is 4.34. The molecule has 0 unspecified atom stereocenters. The Kier molecular flexibility index (Phi) is 6.45. The van der Waals surface area contributed by atoms with Gasteiger partial charge in [-0.25, -0.2) is 13.6 Å². The first-order chi connectivity index (χ1) is 14.6. The van der Waals surface area contributed by atoms with Gasteiger partial charge in [0.05, 0.1) is 10.7 Å². The Morgan fingerprint density at radius 1 is 1.00 bits per heavy atom. The number of carbonyl (C=O) groups excluding carboxylic acids is 2. The molecular formula is C22H19ClN2O5S. The third-order valence-corrected chi connectivity index (χ3v) is 5.68. The van der Waals surface area contributed by atoms with E-state index in [0.29, 0.717) is 22.4 Å². The molecule has 0 aliphatic heterocycles. The minimum Gasteiger partial charge on any atom is -0.456 e. The van der Waals surface area contributed by atoms with E-state index in [1.807, 2.05) is 0 Å². The van der Waals surface area contributed by atoms with Crippen LogP contribution in [-0.2, 0) is 14.8 Å². The number of nitrogens with one attached hydrogen (secondary N) is 1. The Balaban J connectivity index is 2.07. The molecule has 0 saturated heterocycles. The van der Waals surface area contributed by atoms with Crippen LogP contribution in [0.2, 0.25) is 5.02 Å². The van der Waals surface area contributed by atoms with Crippen molar-refractivity contribution in [1.29, 1.82) is 0 Å². The molecule has 3 rings (SSSR count). The van der Waals surface area contributed by atoms with Crippen molar-refractivity contribution in [3.05, 3.63) is 71.2 Å². The van der Waals surface area contributed by atoms with Crippen LogP contribution < -0.4 is 15.2 Å². The van der Waals surface area contributed by atoms with Crippen LogP contribution in [0.3, 0.4) is 0 Å². The fourth-order valence-electron chi connectivity index (χ4n) is 2.93. The number of Topliss-reactive ketones (excluding diaryl/α,β-unsaturated/α-hetero) is 1. The molecule has 0 aliphatic rings. The standard InChI is InChI=1S/C22H19ClN2O5S/c1-13(26)15-5-3-6-17(11-15)30-20-10-9-16(12-21(20)31(24,28)29)18-7-4-8-19(22(18)23)25-14(2)27/h3-12H,1-2H3,(H,25,27)(H2,24,28,29). The molecule has 3 aromatic carbocycles. The van der Waals surface area contributed by atoms with Gasteiger partial charge in [-0.1, -0.05) is 41.9 Å². The predicted octanol–water partition coefficient (Wildman–Crippen LogP) is 4.61. The van der Waals surface area contributed by atoms with Crippen molar-refractivity contribution < 1.29 is 22.7 Å². The van der Waals surface area contributed by atoms with Gasteiger partial charge in [-0.05, 0) is 42.8 Å². The second-order valence-electron chi connectivity index (χ2n) is 6.74. The highest BCUT2D eigenvalue weighted by Gasteiger charge is 2.19. The fraction of sp³-hybridized carbons (Fsp3) is 0.0909. The molecule has 0 spiro atoms. The summed E-state index contributed by atoms with van der Waals surface area (Å²) in [5.74, 6) is -0.154. The molecule has 3 N–H and O–H groups in total. The van der Waals surface area contributed by atoms with E-state index < -0.39 is 10.0 Å². The zero-order valence-electron chi connectivity index (χ0n) is 16.7. The molecular weight excluding hydrogens is 440 g/mol. The number of rotatable bonds is 6. The number of halogens is 1. The molecule has 7 nitrogen and oxygen atoms in total. The number of amides is 1. The highest BCUT2D eigenvalue weighted by atomic mass is 35.5. The maximum atomic E-state index is 12.3. The molecule has 160 valence electrons. The van der Waals surface area contributed by atoms with Gasteiger partial charge in [-0.15, -0.1) is 0 Å². The van der Waals surface area contributed by atoms with Gasteiger partial charge in [0.1, 0.15) is 16.4 Å². The molecule has 0 fully saturated rings. The average molecular weight is 459 g/mol. The van der Waals surface area contributed by atoms with Gasteiger partial charge in [0, 0.05) is 18.1 Å². The summed E-state index contributed by atoms with van der Waals surface area (Å²) in [6.45, 7) is 2.78. The molecule has 0 aromatic heterocycles. The van der Waals surface area contributed by atoms with Gasteiger partial charge in [-0.2, -0.15) is 0 Å². The SMILES string of the molecule is CC(=O)Nc1cccc(-c2ccc(Oc3cccc(C(C)=O)c3)c(S(N)(=O)=O)c2)c1Cl. The van der Waals surface area contributed by atoms with Crippen molar-refractivity contribution in [2.24, 2.45) is 5.14 Å². The van der Waals surface area contributed by atoms with Gasteiger partial charge < -0.3 is 10.1 Å². The van der Waals surface area contributed by atoms with Crippen LogP contribution in [-0.4, -0.2) is 20.1 Å². The summed E-state index contributed by atoms with van der Waals surface area (Å²) in [7, 11) is -4.16. The van der Waals surface area contributed by atoms with Gasteiger partial charge in [0.25, 0.3) is 0 Å². The van der Waals surface area contributed by atoms with Gasteiger partial charge in [0.2, 0.25) is 15.9 Å². The number of benzene rings is 3. The second kappa shape index (κ2) is 8.89. The van der Waals surface area contributed by atoms with E-state index in [2.05, 4.69) is 5.32 Å². The molecule has 9 heteroatoms. The highest BCUT2D eigenvalue weighted by molar-refractivity contribution is 7.89. The van der Waals surface area contributed by atoms with Crippen molar-refractivity contribution in [3.8, 4) is 22.6 Å². The normalized spacial score (nSPS) is 11.1. The van der Waals surface area contributed by atoms with Gasteiger partial charge in [0.15, 0.2) is 5.78 Å². The minimum absolute atomic E-state index is 0.00101. The Labute approximate surface area is 184 Å². The minimum atomic E-state index is -4.16. The largest absolute Gasteiger partial charge is 0.456 e. The lowest BCUT2D eigenvalue weighted by atomic mass is 10.0. The summed E-state index contributed by atoms with van der Waals surface area (Å²) in [5.41, 5.74) is 1.78. The number of hydrogen-bond donors (Lipinski definition) is 2. The second-order valence-corrected chi connectivity index (χ2v) is 8.65. The molecule has 0 aliphatic carbocycles. The Morgan fingerprint density at radius 2 is 1.71 bits per heavy atom. The highest BCUT2D eigenvalue weighted by Crippen LogP contribution is 2.37. The van der Waals surface area contributed by atoms with E-state index in [-0.39, 0.29) is 33.1 Å². The quantitative estimate of drug-likeness (QED) is 0.523. The summed E-state index contributed by atoms with van der Waals surface area (Å²) >= 11 is 6.41. The Bertz CT molecular complexity index is 1290. The number of sulfonamides is 1. The Hall–Kier alpha value is -3.20. The fourth-order valence-corrected chi connectivity index (χ4v) is 3.89. The summed E-state index contributed by atoms with van der Waals surface area (Å²) in [6, 6.07) is 15.8. The van der Waals surface area contributed by atoms with E-state index in [4.69, 9.17) is 21.5 Å². The van der Waals surface area contributed by atoms with Crippen LogP contribution >= 0.6 is 11.6 Å². The lowest BCUT2D eigenvalue weighted by Crippen LogP contribution is -2.13.